The quantitative estimate of drug-likeness (QED) is 0.639. The number of aliphatic hydroxyl groups is 1. The molecule has 2 aromatic rings. The topological polar surface area (TPSA) is 20.2 Å². The maximum atomic E-state index is 9.03. The average molecular weight is 289 g/mol. The van der Waals surface area contributed by atoms with Gasteiger partial charge < -0.3 is 5.11 Å². The van der Waals surface area contributed by atoms with Crippen LogP contribution in [0, 0.1) is 0 Å². The van der Waals surface area contributed by atoms with Crippen LogP contribution in [0.15, 0.2) is 23.1 Å². The van der Waals surface area contributed by atoms with E-state index in [1.54, 1.807) is 11.3 Å². The van der Waals surface area contributed by atoms with Gasteiger partial charge in [-0.2, -0.15) is 0 Å². The fraction of sp³-hybridized carbons (Fsp3) is 0.200. The molecule has 0 saturated heterocycles. The summed E-state index contributed by atoms with van der Waals surface area (Å²) >= 11 is 9.47. The second-order valence-electron chi connectivity index (χ2n) is 3.03. The Morgan fingerprint density at radius 3 is 2.79 bits per heavy atom. The molecule has 4 heteroatoms. The molecule has 0 bridgehead atoms. The first-order valence-electron chi connectivity index (χ1n) is 4.15. The minimum Gasteiger partial charge on any atom is -0.391 e. The summed E-state index contributed by atoms with van der Waals surface area (Å²) in [7, 11) is 0. The van der Waals surface area contributed by atoms with Crippen molar-refractivity contribution in [1.82, 2.24) is 0 Å². The maximum absolute atomic E-state index is 9.03. The second kappa shape index (κ2) is 4.23. The Hall–Kier alpha value is -0.0300. The van der Waals surface area contributed by atoms with Crippen LogP contribution in [-0.4, -0.2) is 5.11 Å². The zero-order valence-corrected chi connectivity index (χ0v) is 10.6. The van der Waals surface area contributed by atoms with Gasteiger partial charge in [0, 0.05) is 25.2 Å². The van der Waals surface area contributed by atoms with Crippen molar-refractivity contribution in [1.29, 1.82) is 0 Å². The Bertz CT molecular complexity index is 464. The van der Waals surface area contributed by atoms with E-state index >= 15 is 0 Å². The minimum absolute atomic E-state index is 0.107. The van der Waals surface area contributed by atoms with E-state index in [0.717, 1.165) is 20.5 Å². The summed E-state index contributed by atoms with van der Waals surface area (Å²) in [6, 6.07) is 6.18. The lowest BCUT2D eigenvalue weighted by atomic mass is 10.2. The number of hydrogen-bond donors (Lipinski definition) is 2. The van der Waals surface area contributed by atoms with Gasteiger partial charge in [0.1, 0.15) is 0 Å². The summed E-state index contributed by atoms with van der Waals surface area (Å²) in [5, 5.41) is 11.0. The number of hydrogen-bond acceptors (Lipinski definition) is 3. The zero-order chi connectivity index (χ0) is 10.1. The molecule has 1 nitrogen and oxygen atoms in total. The predicted octanol–water partition coefficient (Wildman–Crippen LogP) is 3.58. The third-order valence-corrected chi connectivity index (χ3v) is 4.12. The van der Waals surface area contributed by atoms with E-state index in [-0.39, 0.29) is 6.61 Å². The fourth-order valence-corrected chi connectivity index (χ4v) is 3.15. The highest BCUT2D eigenvalue weighted by Crippen LogP contribution is 2.32. The van der Waals surface area contributed by atoms with E-state index in [0.29, 0.717) is 0 Å². The number of aliphatic hydroxyl groups excluding tert-OH is 1. The molecule has 0 aliphatic heterocycles. The fourth-order valence-electron chi connectivity index (χ4n) is 1.38. The largest absolute Gasteiger partial charge is 0.391 e. The lowest BCUT2D eigenvalue weighted by Gasteiger charge is -1.98. The Morgan fingerprint density at radius 1 is 1.36 bits per heavy atom. The third-order valence-electron chi connectivity index (χ3n) is 2.04. The van der Waals surface area contributed by atoms with Crippen molar-refractivity contribution >= 4 is 50.0 Å². The van der Waals surface area contributed by atoms with Gasteiger partial charge in [0.25, 0.3) is 0 Å². The third kappa shape index (κ3) is 1.84. The van der Waals surface area contributed by atoms with Crippen molar-refractivity contribution in [3.8, 4) is 0 Å². The molecule has 1 aromatic heterocycles. The molecule has 2 rings (SSSR count). The molecule has 0 aliphatic rings. The van der Waals surface area contributed by atoms with Crippen LogP contribution in [0.25, 0.3) is 10.1 Å². The van der Waals surface area contributed by atoms with Gasteiger partial charge in [-0.1, -0.05) is 15.9 Å². The minimum atomic E-state index is 0.107. The summed E-state index contributed by atoms with van der Waals surface area (Å²) < 4.78 is 1.19. The standard InChI is InChI=1S/C10H9BrOS2/c11-4-6-1-9(13)8-3-7(5-12)14-10(8)2-6/h1-3,12-13H,4-5H2. The monoisotopic (exact) mass is 288 g/mol. The molecular formula is C10H9BrOS2. The number of thiophene rings is 1. The molecular weight excluding hydrogens is 280 g/mol. The van der Waals surface area contributed by atoms with Gasteiger partial charge in [0.2, 0.25) is 0 Å². The predicted molar refractivity (Wildman–Crippen MR) is 67.6 cm³/mol. The summed E-state index contributed by atoms with van der Waals surface area (Å²) in [5.41, 5.74) is 1.22. The highest BCUT2D eigenvalue weighted by atomic mass is 79.9. The second-order valence-corrected chi connectivity index (χ2v) is 5.24. The van der Waals surface area contributed by atoms with Crippen LogP contribution >= 0.6 is 39.9 Å². The van der Waals surface area contributed by atoms with Crippen molar-refractivity contribution in [2.75, 3.05) is 0 Å². The van der Waals surface area contributed by atoms with Crippen LogP contribution in [0.3, 0.4) is 0 Å². The molecule has 0 aliphatic carbocycles. The Labute approximate surface area is 100 Å². The van der Waals surface area contributed by atoms with E-state index in [1.165, 1.54) is 10.3 Å². The van der Waals surface area contributed by atoms with Crippen molar-refractivity contribution < 1.29 is 5.11 Å². The van der Waals surface area contributed by atoms with Crippen LogP contribution in [0.2, 0.25) is 0 Å². The molecule has 1 N–H and O–H groups in total. The van der Waals surface area contributed by atoms with Gasteiger partial charge in [0.15, 0.2) is 0 Å². The molecule has 1 aromatic carbocycles. The van der Waals surface area contributed by atoms with Gasteiger partial charge in [-0.25, -0.2) is 0 Å². The number of thiol groups is 1. The lowest BCUT2D eigenvalue weighted by Crippen LogP contribution is -1.77. The highest BCUT2D eigenvalue weighted by molar-refractivity contribution is 9.08. The first-order chi connectivity index (χ1) is 6.74. The number of benzene rings is 1. The number of rotatable bonds is 2. The molecule has 0 amide bonds. The van der Waals surface area contributed by atoms with Crippen LogP contribution in [0.5, 0.6) is 0 Å². The van der Waals surface area contributed by atoms with Crippen molar-refractivity contribution in [2.24, 2.45) is 0 Å². The smallest absolute Gasteiger partial charge is 0.0774 e. The van der Waals surface area contributed by atoms with Gasteiger partial charge in [-0.3, -0.25) is 0 Å². The molecule has 74 valence electrons. The summed E-state index contributed by atoms with van der Waals surface area (Å²) in [6.07, 6.45) is 0. The van der Waals surface area contributed by atoms with Crippen LogP contribution in [0.4, 0.5) is 0 Å². The van der Waals surface area contributed by atoms with Crippen molar-refractivity contribution in [2.45, 2.75) is 16.8 Å². The average Bonchev–Trinajstić information content (AvgIpc) is 2.61. The highest BCUT2D eigenvalue weighted by Gasteiger charge is 2.05. The van der Waals surface area contributed by atoms with Gasteiger partial charge in [0.05, 0.1) is 6.61 Å². The SMILES string of the molecule is OCc1cc2c(S)cc(CBr)cc2s1. The lowest BCUT2D eigenvalue weighted by molar-refractivity contribution is 0.285. The Morgan fingerprint density at radius 2 is 2.14 bits per heavy atom. The van der Waals surface area contributed by atoms with Crippen molar-refractivity contribution in [3.63, 3.8) is 0 Å². The van der Waals surface area contributed by atoms with E-state index in [2.05, 4.69) is 34.6 Å². The molecule has 14 heavy (non-hydrogen) atoms. The van der Waals surface area contributed by atoms with Crippen LogP contribution in [0.1, 0.15) is 10.4 Å². The number of fused-ring (bicyclic) bond motifs is 1. The number of alkyl halides is 1. The molecule has 0 fully saturated rings. The summed E-state index contributed by atoms with van der Waals surface area (Å²) in [4.78, 5) is 1.97. The molecule has 0 unspecified atom stereocenters. The normalized spacial score (nSPS) is 11.1. The molecule has 0 saturated carbocycles. The first-order valence-corrected chi connectivity index (χ1v) is 6.54. The van der Waals surface area contributed by atoms with Gasteiger partial charge >= 0.3 is 0 Å². The molecule has 0 spiro atoms. The van der Waals surface area contributed by atoms with E-state index in [1.807, 2.05) is 12.1 Å². The van der Waals surface area contributed by atoms with Crippen molar-refractivity contribution in [3.05, 3.63) is 28.6 Å². The van der Waals surface area contributed by atoms with Crippen LogP contribution in [-0.2, 0) is 11.9 Å². The van der Waals surface area contributed by atoms with Gasteiger partial charge in [-0.05, 0) is 23.8 Å². The molecule has 1 heterocycles. The Kier molecular flexibility index (Phi) is 3.17. The maximum Gasteiger partial charge on any atom is 0.0774 e. The Balaban J connectivity index is 2.67. The van der Waals surface area contributed by atoms with Gasteiger partial charge in [-0.15, -0.1) is 24.0 Å². The summed E-state index contributed by atoms with van der Waals surface area (Å²) in [6.45, 7) is 0.107. The first kappa shape index (κ1) is 10.5. The summed E-state index contributed by atoms with van der Waals surface area (Å²) in [5.74, 6) is 0. The molecule has 0 radical (unpaired) electrons. The van der Waals surface area contributed by atoms with E-state index in [9.17, 15) is 0 Å². The van der Waals surface area contributed by atoms with Crippen LogP contribution < -0.4 is 0 Å². The molecule has 0 atom stereocenters. The van der Waals surface area contributed by atoms with E-state index < -0.39 is 0 Å². The number of halogens is 1. The zero-order valence-electron chi connectivity index (χ0n) is 7.33. The van der Waals surface area contributed by atoms with E-state index in [4.69, 9.17) is 5.11 Å².